The number of hydrogen-bond acceptors (Lipinski definition) is 6. The maximum atomic E-state index is 5.72. The lowest BCUT2D eigenvalue weighted by atomic mass is 10.3. The molecule has 0 atom stereocenters. The van der Waals surface area contributed by atoms with Crippen molar-refractivity contribution in [2.75, 3.05) is 19.5 Å². The molecule has 2 heterocycles. The molecule has 0 radical (unpaired) electrons. The Morgan fingerprint density at radius 2 is 1.84 bits per heavy atom. The van der Waals surface area contributed by atoms with E-state index in [4.69, 9.17) is 21.1 Å². The summed E-state index contributed by atoms with van der Waals surface area (Å²) in [6.45, 7) is 0.528. The minimum Gasteiger partial charge on any atom is -0.481 e. The summed E-state index contributed by atoms with van der Waals surface area (Å²) in [7, 11) is 3.07. The first kappa shape index (κ1) is 13.4. The van der Waals surface area contributed by atoms with Gasteiger partial charge < -0.3 is 14.8 Å². The lowest BCUT2D eigenvalue weighted by Crippen LogP contribution is -2.05. The van der Waals surface area contributed by atoms with Crippen molar-refractivity contribution in [2.45, 2.75) is 6.54 Å². The monoisotopic (exact) mass is 280 g/mol. The highest BCUT2D eigenvalue weighted by Gasteiger charge is 2.05. The van der Waals surface area contributed by atoms with E-state index in [1.165, 1.54) is 14.2 Å². The molecule has 1 N–H and O–H groups in total. The summed E-state index contributed by atoms with van der Waals surface area (Å²) in [6.07, 6.45) is 1.69. The summed E-state index contributed by atoms with van der Waals surface area (Å²) in [5.41, 5.74) is 0.967. The van der Waals surface area contributed by atoms with Crippen LogP contribution < -0.4 is 14.8 Å². The lowest BCUT2D eigenvalue weighted by Gasteiger charge is -2.08. The lowest BCUT2D eigenvalue weighted by molar-refractivity contribution is 0.373. The average Bonchev–Trinajstić information content (AvgIpc) is 2.46. The Bertz CT molecular complexity index is 526. The standard InChI is InChI=1S/C12H13ClN4O2/c1-18-10-5-11(19-2)17-12(16-10)15-7-8-3-4-9(13)14-6-8/h3-6H,7H2,1-2H3,(H,15,16,17). The number of ether oxygens (including phenoxy) is 2. The van der Waals surface area contributed by atoms with Crippen LogP contribution in [0.3, 0.4) is 0 Å². The van der Waals surface area contributed by atoms with Crippen LogP contribution in [-0.4, -0.2) is 29.2 Å². The van der Waals surface area contributed by atoms with E-state index in [1.807, 2.05) is 6.07 Å². The summed E-state index contributed by atoms with van der Waals surface area (Å²) < 4.78 is 10.1. The Morgan fingerprint density at radius 1 is 1.16 bits per heavy atom. The quantitative estimate of drug-likeness (QED) is 0.847. The van der Waals surface area contributed by atoms with Gasteiger partial charge in [-0.15, -0.1) is 0 Å². The summed E-state index contributed by atoms with van der Waals surface area (Å²) >= 11 is 5.72. The molecule has 7 heteroatoms. The number of nitrogens with one attached hydrogen (secondary N) is 1. The zero-order valence-electron chi connectivity index (χ0n) is 10.6. The fourth-order valence-electron chi connectivity index (χ4n) is 1.38. The molecule has 2 aromatic heterocycles. The number of nitrogens with zero attached hydrogens (tertiary/aromatic N) is 3. The van der Waals surface area contributed by atoms with Gasteiger partial charge in [-0.2, -0.15) is 9.97 Å². The number of hydrogen-bond donors (Lipinski definition) is 1. The van der Waals surface area contributed by atoms with Gasteiger partial charge in [0.05, 0.1) is 20.3 Å². The molecule has 0 aliphatic heterocycles. The number of aromatic nitrogens is 3. The first-order valence-corrected chi connectivity index (χ1v) is 5.90. The summed E-state index contributed by atoms with van der Waals surface area (Å²) in [4.78, 5) is 12.3. The summed E-state index contributed by atoms with van der Waals surface area (Å²) in [5, 5.41) is 3.53. The molecule has 2 rings (SSSR count). The first-order valence-electron chi connectivity index (χ1n) is 5.52. The third kappa shape index (κ3) is 3.69. The number of rotatable bonds is 5. The smallest absolute Gasteiger partial charge is 0.229 e. The van der Waals surface area contributed by atoms with Crippen LogP contribution in [-0.2, 0) is 6.54 Å². The second-order valence-corrected chi connectivity index (χ2v) is 4.01. The maximum Gasteiger partial charge on any atom is 0.229 e. The van der Waals surface area contributed by atoms with Crippen LogP contribution in [0.2, 0.25) is 5.15 Å². The van der Waals surface area contributed by atoms with Gasteiger partial charge in [0, 0.05) is 12.7 Å². The van der Waals surface area contributed by atoms with Crippen molar-refractivity contribution >= 4 is 17.5 Å². The first-order chi connectivity index (χ1) is 9.21. The summed E-state index contributed by atoms with van der Waals surface area (Å²) in [5.74, 6) is 1.29. The topological polar surface area (TPSA) is 69.2 Å². The number of methoxy groups -OCH3 is 2. The van der Waals surface area contributed by atoms with Gasteiger partial charge in [0.25, 0.3) is 0 Å². The van der Waals surface area contributed by atoms with Gasteiger partial charge in [0.15, 0.2) is 0 Å². The van der Waals surface area contributed by atoms with Gasteiger partial charge in [-0.3, -0.25) is 0 Å². The van der Waals surface area contributed by atoms with Crippen LogP contribution in [0, 0.1) is 0 Å². The molecule has 0 amide bonds. The molecule has 0 unspecified atom stereocenters. The third-order valence-electron chi connectivity index (χ3n) is 2.34. The molecule has 0 fully saturated rings. The largest absolute Gasteiger partial charge is 0.481 e. The molecule has 19 heavy (non-hydrogen) atoms. The fraction of sp³-hybridized carbons (Fsp3) is 0.250. The van der Waals surface area contributed by atoms with E-state index < -0.39 is 0 Å². The molecule has 100 valence electrons. The van der Waals surface area contributed by atoms with Gasteiger partial charge in [0.2, 0.25) is 17.7 Å². The molecule has 0 bridgehead atoms. The van der Waals surface area contributed by atoms with Crippen molar-refractivity contribution in [1.29, 1.82) is 0 Å². The SMILES string of the molecule is COc1cc(OC)nc(NCc2ccc(Cl)nc2)n1. The molecule has 0 saturated carbocycles. The van der Waals surface area contributed by atoms with E-state index in [1.54, 1.807) is 18.3 Å². The number of pyridine rings is 1. The van der Waals surface area contributed by atoms with E-state index >= 15 is 0 Å². The van der Waals surface area contributed by atoms with E-state index in [0.717, 1.165) is 5.56 Å². The predicted octanol–water partition coefficient (Wildman–Crippen LogP) is 2.15. The van der Waals surface area contributed by atoms with Crippen molar-refractivity contribution < 1.29 is 9.47 Å². The Labute approximate surface area is 115 Å². The van der Waals surface area contributed by atoms with Crippen LogP contribution in [0.15, 0.2) is 24.4 Å². The van der Waals surface area contributed by atoms with Gasteiger partial charge in [0.1, 0.15) is 5.15 Å². The van der Waals surface area contributed by atoms with Crippen LogP contribution >= 0.6 is 11.6 Å². The van der Waals surface area contributed by atoms with Crippen LogP contribution in [0.5, 0.6) is 11.8 Å². The highest BCUT2D eigenvalue weighted by Crippen LogP contribution is 2.17. The maximum absolute atomic E-state index is 5.72. The van der Waals surface area contributed by atoms with Gasteiger partial charge in [-0.05, 0) is 11.6 Å². The molecule has 0 spiro atoms. The zero-order valence-corrected chi connectivity index (χ0v) is 11.3. The van der Waals surface area contributed by atoms with Gasteiger partial charge in [-0.1, -0.05) is 17.7 Å². The van der Waals surface area contributed by atoms with Crippen LogP contribution in [0.1, 0.15) is 5.56 Å². The Balaban J connectivity index is 2.08. The Kier molecular flexibility index (Phi) is 4.35. The zero-order chi connectivity index (χ0) is 13.7. The second kappa shape index (κ2) is 6.19. The Morgan fingerprint density at radius 3 is 2.37 bits per heavy atom. The predicted molar refractivity (Wildman–Crippen MR) is 71.7 cm³/mol. The van der Waals surface area contributed by atoms with E-state index in [9.17, 15) is 0 Å². The molecule has 2 aromatic rings. The minimum absolute atomic E-state index is 0.422. The molecule has 0 aliphatic carbocycles. The molecule has 6 nitrogen and oxygen atoms in total. The fourth-order valence-corrected chi connectivity index (χ4v) is 1.50. The second-order valence-electron chi connectivity index (χ2n) is 3.62. The van der Waals surface area contributed by atoms with Crippen molar-refractivity contribution in [3.63, 3.8) is 0 Å². The molecule has 0 aliphatic rings. The number of halogens is 1. The van der Waals surface area contributed by atoms with Crippen molar-refractivity contribution in [3.8, 4) is 11.8 Å². The van der Waals surface area contributed by atoms with Gasteiger partial charge >= 0.3 is 0 Å². The van der Waals surface area contributed by atoms with E-state index in [-0.39, 0.29) is 0 Å². The Hall–Kier alpha value is -2.08. The highest BCUT2D eigenvalue weighted by molar-refractivity contribution is 6.29. The molecular weight excluding hydrogens is 268 g/mol. The van der Waals surface area contributed by atoms with Crippen molar-refractivity contribution in [1.82, 2.24) is 15.0 Å². The summed E-state index contributed by atoms with van der Waals surface area (Å²) in [6, 6.07) is 5.21. The number of anilines is 1. The van der Waals surface area contributed by atoms with E-state index in [0.29, 0.717) is 29.4 Å². The molecule has 0 aromatic carbocycles. The van der Waals surface area contributed by atoms with Crippen LogP contribution in [0.4, 0.5) is 5.95 Å². The average molecular weight is 281 g/mol. The molecular formula is C12H13ClN4O2. The van der Waals surface area contributed by atoms with Crippen molar-refractivity contribution in [2.24, 2.45) is 0 Å². The van der Waals surface area contributed by atoms with Crippen molar-refractivity contribution in [3.05, 3.63) is 35.1 Å². The van der Waals surface area contributed by atoms with E-state index in [2.05, 4.69) is 20.3 Å². The normalized spacial score (nSPS) is 10.1. The highest BCUT2D eigenvalue weighted by atomic mass is 35.5. The van der Waals surface area contributed by atoms with Gasteiger partial charge in [-0.25, -0.2) is 4.98 Å². The molecule has 0 saturated heterocycles. The minimum atomic E-state index is 0.422. The third-order valence-corrected chi connectivity index (χ3v) is 2.56. The van der Waals surface area contributed by atoms with Crippen LogP contribution in [0.25, 0.3) is 0 Å².